The molecule has 1 saturated carbocycles. The molecule has 4 aromatic carbocycles. The SMILES string of the molecule is O=C(NC1CCCC1)C(Cc1ccccc1)N(Cc1ccc(Cl)c(Cl)c1)C(=O)COc1ccc2ccccc2c1Br. The molecule has 212 valence electrons. The van der Waals surface area contributed by atoms with E-state index in [4.69, 9.17) is 27.9 Å². The van der Waals surface area contributed by atoms with Gasteiger partial charge in [-0.15, -0.1) is 0 Å². The molecule has 2 amide bonds. The van der Waals surface area contributed by atoms with Crippen molar-refractivity contribution < 1.29 is 14.3 Å². The first-order valence-corrected chi connectivity index (χ1v) is 15.3. The van der Waals surface area contributed by atoms with Gasteiger partial charge in [-0.3, -0.25) is 9.59 Å². The Morgan fingerprint density at radius 1 is 0.902 bits per heavy atom. The van der Waals surface area contributed by atoms with Crippen molar-refractivity contribution in [2.75, 3.05) is 6.61 Å². The number of amides is 2. The standard InChI is InChI=1S/C33H31BrCl2N2O3/c34-32-26-13-7-4-10-24(26)15-17-30(32)41-21-31(39)38(20-23-14-16-27(35)28(36)18-23)29(19-22-8-2-1-3-9-22)33(40)37-25-11-5-6-12-25/h1-4,7-10,13-18,25,29H,5-6,11-12,19-21H2,(H,37,40). The Morgan fingerprint density at radius 3 is 2.39 bits per heavy atom. The van der Waals surface area contributed by atoms with Crippen molar-refractivity contribution in [2.24, 2.45) is 0 Å². The molecule has 0 spiro atoms. The normalized spacial score (nSPS) is 14.1. The zero-order valence-electron chi connectivity index (χ0n) is 22.5. The molecule has 0 heterocycles. The molecule has 41 heavy (non-hydrogen) atoms. The maximum atomic E-state index is 14.0. The van der Waals surface area contributed by atoms with Gasteiger partial charge in [0.2, 0.25) is 5.91 Å². The summed E-state index contributed by atoms with van der Waals surface area (Å²) >= 11 is 16.1. The van der Waals surface area contributed by atoms with Crippen molar-refractivity contribution in [2.45, 2.75) is 50.7 Å². The van der Waals surface area contributed by atoms with Crippen LogP contribution in [0.5, 0.6) is 5.75 Å². The number of ether oxygens (including phenoxy) is 1. The van der Waals surface area contributed by atoms with Crippen molar-refractivity contribution in [3.05, 3.63) is 111 Å². The highest BCUT2D eigenvalue weighted by atomic mass is 79.9. The van der Waals surface area contributed by atoms with Crippen molar-refractivity contribution in [1.82, 2.24) is 10.2 Å². The lowest BCUT2D eigenvalue weighted by Gasteiger charge is -2.32. The smallest absolute Gasteiger partial charge is 0.261 e. The second-order valence-corrected chi connectivity index (χ2v) is 12.0. The maximum Gasteiger partial charge on any atom is 0.261 e. The van der Waals surface area contributed by atoms with Crippen molar-refractivity contribution in [1.29, 1.82) is 0 Å². The van der Waals surface area contributed by atoms with Gasteiger partial charge in [-0.2, -0.15) is 0 Å². The van der Waals surface area contributed by atoms with E-state index in [1.54, 1.807) is 17.0 Å². The van der Waals surface area contributed by atoms with Crippen molar-refractivity contribution in [3.63, 3.8) is 0 Å². The average Bonchev–Trinajstić information content (AvgIpc) is 3.50. The summed E-state index contributed by atoms with van der Waals surface area (Å²) in [4.78, 5) is 29.4. The Hall–Kier alpha value is -3.06. The minimum Gasteiger partial charge on any atom is -0.483 e. The molecule has 5 rings (SSSR count). The van der Waals surface area contributed by atoms with Gasteiger partial charge in [-0.1, -0.05) is 103 Å². The van der Waals surface area contributed by atoms with Gasteiger partial charge in [-0.05, 0) is 68.9 Å². The van der Waals surface area contributed by atoms with E-state index >= 15 is 0 Å². The van der Waals surface area contributed by atoms with Crippen molar-refractivity contribution in [3.8, 4) is 5.75 Å². The topological polar surface area (TPSA) is 58.6 Å². The molecular weight excluding hydrogens is 623 g/mol. The van der Waals surface area contributed by atoms with E-state index < -0.39 is 6.04 Å². The first-order chi connectivity index (χ1) is 19.9. The molecule has 4 aromatic rings. The fraction of sp³-hybridized carbons (Fsp3) is 0.273. The minimum atomic E-state index is -0.747. The highest BCUT2D eigenvalue weighted by molar-refractivity contribution is 9.10. The summed E-state index contributed by atoms with van der Waals surface area (Å²) in [6.45, 7) is -0.0617. The summed E-state index contributed by atoms with van der Waals surface area (Å²) in [6.07, 6.45) is 4.45. The Kier molecular flexibility index (Phi) is 9.86. The zero-order valence-corrected chi connectivity index (χ0v) is 25.6. The number of carbonyl (C=O) groups is 2. The number of halogens is 3. The third-order valence-electron chi connectivity index (χ3n) is 7.49. The first kappa shape index (κ1) is 29.4. The summed E-state index contributed by atoms with van der Waals surface area (Å²) in [5.41, 5.74) is 1.73. The third kappa shape index (κ3) is 7.42. The zero-order chi connectivity index (χ0) is 28.8. The third-order valence-corrected chi connectivity index (χ3v) is 9.05. The highest BCUT2D eigenvalue weighted by Gasteiger charge is 2.32. The molecule has 0 aliphatic heterocycles. The molecule has 5 nitrogen and oxygen atoms in total. The summed E-state index contributed by atoms with van der Waals surface area (Å²) < 4.78 is 6.84. The van der Waals surface area contributed by atoms with Gasteiger partial charge in [-0.25, -0.2) is 0 Å². The van der Waals surface area contributed by atoms with Gasteiger partial charge < -0.3 is 15.0 Å². The largest absolute Gasteiger partial charge is 0.483 e. The molecule has 0 saturated heterocycles. The Bertz CT molecular complexity index is 1530. The number of nitrogens with zero attached hydrogens (tertiary/aromatic N) is 1. The molecule has 8 heteroatoms. The molecule has 1 aliphatic rings. The van der Waals surface area contributed by atoms with Crippen LogP contribution in [0.2, 0.25) is 10.0 Å². The molecule has 0 radical (unpaired) electrons. The second kappa shape index (κ2) is 13.7. The van der Waals surface area contributed by atoms with Crippen LogP contribution in [0.3, 0.4) is 0 Å². The van der Waals surface area contributed by atoms with Crippen LogP contribution in [-0.2, 0) is 22.6 Å². The van der Waals surface area contributed by atoms with Gasteiger partial charge in [0.05, 0.1) is 14.5 Å². The number of rotatable bonds is 10. The Labute approximate surface area is 258 Å². The summed E-state index contributed by atoms with van der Waals surface area (Å²) in [5.74, 6) is 0.0845. The van der Waals surface area contributed by atoms with Crippen molar-refractivity contribution >= 4 is 61.7 Å². The van der Waals surface area contributed by atoms with Gasteiger partial charge in [0.1, 0.15) is 11.8 Å². The number of nitrogens with one attached hydrogen (secondary N) is 1. The van der Waals surface area contributed by atoms with E-state index in [0.29, 0.717) is 22.2 Å². The quantitative estimate of drug-likeness (QED) is 0.189. The van der Waals surface area contributed by atoms with Crippen LogP contribution < -0.4 is 10.1 Å². The molecule has 0 aromatic heterocycles. The molecule has 1 atom stereocenters. The number of fused-ring (bicyclic) bond motifs is 1. The minimum absolute atomic E-state index is 0.118. The van der Waals surface area contributed by atoms with E-state index in [9.17, 15) is 9.59 Å². The fourth-order valence-corrected chi connectivity index (χ4v) is 6.23. The summed E-state index contributed by atoms with van der Waals surface area (Å²) in [5, 5.41) is 6.09. The van der Waals surface area contributed by atoms with Crippen LogP contribution in [-0.4, -0.2) is 35.4 Å². The lowest BCUT2D eigenvalue weighted by molar-refractivity contribution is -0.143. The van der Waals surface area contributed by atoms with E-state index in [0.717, 1.165) is 52.1 Å². The van der Waals surface area contributed by atoms with Crippen LogP contribution in [0.15, 0.2) is 89.4 Å². The van der Waals surface area contributed by atoms with Gasteiger partial charge in [0.15, 0.2) is 6.61 Å². The first-order valence-electron chi connectivity index (χ1n) is 13.8. The number of hydrogen-bond donors (Lipinski definition) is 1. The monoisotopic (exact) mass is 652 g/mol. The lowest BCUT2D eigenvalue weighted by Crippen LogP contribution is -2.53. The Balaban J connectivity index is 1.44. The van der Waals surface area contributed by atoms with Crippen LogP contribution in [0.4, 0.5) is 0 Å². The molecule has 1 N–H and O–H groups in total. The van der Waals surface area contributed by atoms with Gasteiger partial charge in [0.25, 0.3) is 5.91 Å². The highest BCUT2D eigenvalue weighted by Crippen LogP contribution is 2.33. The fourth-order valence-electron chi connectivity index (χ4n) is 5.30. The number of benzene rings is 4. The van der Waals surface area contributed by atoms with Crippen LogP contribution in [0, 0.1) is 0 Å². The van der Waals surface area contributed by atoms with E-state index in [2.05, 4.69) is 21.2 Å². The number of hydrogen-bond acceptors (Lipinski definition) is 3. The van der Waals surface area contributed by atoms with Crippen LogP contribution in [0.25, 0.3) is 10.8 Å². The predicted octanol–water partition coefficient (Wildman–Crippen LogP) is 7.99. The molecule has 1 fully saturated rings. The average molecular weight is 654 g/mol. The number of carbonyl (C=O) groups excluding carboxylic acids is 2. The lowest BCUT2D eigenvalue weighted by atomic mass is 10.0. The van der Waals surface area contributed by atoms with Crippen LogP contribution in [0.1, 0.15) is 36.8 Å². The van der Waals surface area contributed by atoms with E-state index in [-0.39, 0.29) is 31.0 Å². The van der Waals surface area contributed by atoms with Gasteiger partial charge in [0, 0.05) is 19.0 Å². The second-order valence-electron chi connectivity index (χ2n) is 10.4. The van der Waals surface area contributed by atoms with E-state index in [1.165, 1.54) is 0 Å². The molecular formula is C33H31BrCl2N2O3. The molecule has 1 aliphatic carbocycles. The molecule has 0 bridgehead atoms. The Morgan fingerprint density at radius 2 is 1.63 bits per heavy atom. The molecule has 1 unspecified atom stereocenters. The maximum absolute atomic E-state index is 14.0. The summed E-state index contributed by atoms with van der Waals surface area (Å²) in [6, 6.07) is 26.1. The predicted molar refractivity (Wildman–Crippen MR) is 168 cm³/mol. The summed E-state index contributed by atoms with van der Waals surface area (Å²) in [7, 11) is 0. The van der Waals surface area contributed by atoms with E-state index in [1.807, 2.05) is 72.8 Å². The van der Waals surface area contributed by atoms with Gasteiger partial charge >= 0.3 is 0 Å². The van der Waals surface area contributed by atoms with Crippen LogP contribution >= 0.6 is 39.1 Å².